The number of carboxylic acids is 3. The van der Waals surface area contributed by atoms with Crippen molar-refractivity contribution in [3.8, 4) is 0 Å². The molecular weight excluding hydrogens is 551 g/mol. The molecule has 0 unspecified atom stereocenters. The van der Waals surface area contributed by atoms with E-state index in [0.29, 0.717) is 23.1 Å². The molecule has 0 atom stereocenters. The Kier molecular flexibility index (Phi) is 22.8. The molecule has 214 valence electrons. The van der Waals surface area contributed by atoms with Gasteiger partial charge in [0.15, 0.2) is 0 Å². The highest BCUT2D eigenvalue weighted by Crippen LogP contribution is 2.18. The van der Waals surface area contributed by atoms with E-state index in [0.717, 1.165) is 0 Å². The van der Waals surface area contributed by atoms with Crippen LogP contribution in [0.3, 0.4) is 0 Å². The molecule has 0 fully saturated rings. The highest BCUT2D eigenvalue weighted by molar-refractivity contribution is 6.40. The second kappa shape index (κ2) is 23.6. The monoisotopic (exact) mass is 584 g/mol. The lowest BCUT2D eigenvalue weighted by Gasteiger charge is -2.24. The molecule has 0 amide bonds. The third-order valence-electron chi connectivity index (χ3n) is 4.82. The molecule has 0 aliphatic heterocycles. The van der Waals surface area contributed by atoms with Crippen molar-refractivity contribution in [3.63, 3.8) is 0 Å². The molecule has 0 aromatic heterocycles. The Balaban J connectivity index is 0. The fourth-order valence-electron chi connectivity index (χ4n) is 2.23. The van der Waals surface area contributed by atoms with Crippen LogP contribution < -0.4 is 0 Å². The van der Waals surface area contributed by atoms with E-state index in [-0.39, 0.29) is 25.2 Å². The minimum absolute atomic E-state index is 0.156. The molecule has 0 aliphatic rings. The van der Waals surface area contributed by atoms with Gasteiger partial charge in [0.05, 0.1) is 41.9 Å². The summed E-state index contributed by atoms with van der Waals surface area (Å²) in [5.41, 5.74) is 0.326. The summed E-state index contributed by atoms with van der Waals surface area (Å²) in [6.07, 6.45) is 0.594. The molecule has 0 heterocycles. The van der Waals surface area contributed by atoms with Crippen molar-refractivity contribution < 1.29 is 45.0 Å². The molecule has 0 radical (unpaired) electrons. The standard InChI is InChI=1S/3C7H6O2.C6H14O3.CH2Cl2/c3*8-7(9)6-4-2-1-3-5-6;1-2-6(3-7,4-8)5-9;2-1-3/h3*1-5H,(H,8,9);7-9H,2-5H2,1H3;1H2. The summed E-state index contributed by atoms with van der Waals surface area (Å²) in [6.45, 7) is 1.35. The molecular formula is C28H34Cl2O9. The van der Waals surface area contributed by atoms with Crippen molar-refractivity contribution >= 4 is 41.1 Å². The van der Waals surface area contributed by atoms with Crippen molar-refractivity contribution in [2.24, 2.45) is 5.41 Å². The van der Waals surface area contributed by atoms with E-state index in [2.05, 4.69) is 0 Å². The number of aliphatic hydroxyl groups is 3. The van der Waals surface area contributed by atoms with Gasteiger partial charge in [-0.2, -0.15) is 0 Å². The number of hydrogen-bond acceptors (Lipinski definition) is 6. The smallest absolute Gasteiger partial charge is 0.335 e. The second-order valence-electron chi connectivity index (χ2n) is 7.44. The number of alkyl halides is 2. The Bertz CT molecular complexity index is 895. The van der Waals surface area contributed by atoms with Crippen molar-refractivity contribution in [2.45, 2.75) is 13.3 Å². The molecule has 0 aliphatic carbocycles. The van der Waals surface area contributed by atoms with Crippen LogP contribution in [-0.4, -0.2) is 73.7 Å². The molecule has 6 N–H and O–H groups in total. The normalized spacial score (nSPS) is 9.38. The van der Waals surface area contributed by atoms with Crippen LogP contribution in [0, 0.1) is 5.41 Å². The summed E-state index contributed by atoms with van der Waals surface area (Å²) in [5.74, 6) is -2.64. The van der Waals surface area contributed by atoms with Crippen molar-refractivity contribution in [2.75, 3.05) is 25.2 Å². The van der Waals surface area contributed by atoms with Crippen molar-refractivity contribution in [1.29, 1.82) is 0 Å². The van der Waals surface area contributed by atoms with Crippen LogP contribution in [0.4, 0.5) is 0 Å². The molecule has 3 aromatic carbocycles. The van der Waals surface area contributed by atoms with Gasteiger partial charge in [-0.3, -0.25) is 0 Å². The fraction of sp³-hybridized carbons (Fsp3) is 0.250. The Labute approximate surface area is 237 Å². The first kappa shape index (κ1) is 37.7. The van der Waals surface area contributed by atoms with Crippen molar-refractivity contribution in [1.82, 2.24) is 0 Å². The van der Waals surface area contributed by atoms with Crippen LogP contribution in [0.2, 0.25) is 0 Å². The summed E-state index contributed by atoms with van der Waals surface area (Å²) in [6, 6.07) is 24.9. The maximum Gasteiger partial charge on any atom is 0.335 e. The zero-order chi connectivity index (χ0) is 30.1. The van der Waals surface area contributed by atoms with Gasteiger partial charge in [-0.15, -0.1) is 23.2 Å². The number of rotatable bonds is 7. The minimum atomic E-state index is -0.879. The van der Waals surface area contributed by atoms with Crippen molar-refractivity contribution in [3.05, 3.63) is 108 Å². The zero-order valence-electron chi connectivity index (χ0n) is 21.4. The number of carboxylic acid groups (broad SMARTS) is 3. The quantitative estimate of drug-likeness (QED) is 0.210. The van der Waals surface area contributed by atoms with E-state index < -0.39 is 23.3 Å². The predicted molar refractivity (Wildman–Crippen MR) is 151 cm³/mol. The van der Waals surface area contributed by atoms with Crippen LogP contribution >= 0.6 is 23.2 Å². The van der Waals surface area contributed by atoms with Gasteiger partial charge in [-0.1, -0.05) is 61.5 Å². The number of carbonyl (C=O) groups is 3. The van der Waals surface area contributed by atoms with E-state index in [1.807, 2.05) is 6.92 Å². The molecule has 0 saturated heterocycles. The van der Waals surface area contributed by atoms with Crippen LogP contribution in [0.1, 0.15) is 44.4 Å². The third kappa shape index (κ3) is 18.4. The molecule has 0 bridgehead atoms. The molecule has 0 saturated carbocycles. The van der Waals surface area contributed by atoms with Crippen LogP contribution in [0.5, 0.6) is 0 Å². The molecule has 11 heteroatoms. The Morgan fingerprint density at radius 1 is 0.564 bits per heavy atom. The van der Waals surface area contributed by atoms with E-state index in [1.54, 1.807) is 91.0 Å². The lowest BCUT2D eigenvalue weighted by atomic mass is 9.88. The van der Waals surface area contributed by atoms with Gasteiger partial charge in [0.1, 0.15) is 0 Å². The predicted octanol–water partition coefficient (Wildman–Crippen LogP) is 4.94. The Morgan fingerprint density at radius 2 is 0.769 bits per heavy atom. The van der Waals surface area contributed by atoms with Crippen LogP contribution in [0.15, 0.2) is 91.0 Å². The highest BCUT2D eigenvalue weighted by atomic mass is 35.5. The van der Waals surface area contributed by atoms with Gasteiger partial charge < -0.3 is 30.6 Å². The third-order valence-corrected chi connectivity index (χ3v) is 4.82. The first-order valence-electron chi connectivity index (χ1n) is 11.4. The van der Waals surface area contributed by atoms with Gasteiger partial charge >= 0.3 is 17.9 Å². The maximum absolute atomic E-state index is 10.2. The van der Waals surface area contributed by atoms with Crippen LogP contribution in [0.25, 0.3) is 0 Å². The van der Waals surface area contributed by atoms with Gasteiger partial charge in [0, 0.05) is 5.41 Å². The maximum atomic E-state index is 10.2. The number of benzene rings is 3. The van der Waals surface area contributed by atoms with Gasteiger partial charge in [0.2, 0.25) is 0 Å². The largest absolute Gasteiger partial charge is 0.478 e. The van der Waals surface area contributed by atoms with E-state index in [9.17, 15) is 14.4 Å². The van der Waals surface area contributed by atoms with Gasteiger partial charge in [-0.05, 0) is 42.8 Å². The summed E-state index contributed by atoms with van der Waals surface area (Å²) in [4.78, 5) is 30.6. The number of aromatic carboxylic acids is 3. The summed E-state index contributed by atoms with van der Waals surface area (Å²) < 4.78 is 0. The lowest BCUT2D eigenvalue weighted by Crippen LogP contribution is -2.32. The average Bonchev–Trinajstić information content (AvgIpc) is 2.97. The highest BCUT2D eigenvalue weighted by Gasteiger charge is 2.24. The molecule has 9 nitrogen and oxygen atoms in total. The molecule has 3 aromatic rings. The number of hydrogen-bond donors (Lipinski definition) is 6. The van der Waals surface area contributed by atoms with Gasteiger partial charge in [0.25, 0.3) is 0 Å². The zero-order valence-corrected chi connectivity index (χ0v) is 22.9. The fourth-order valence-corrected chi connectivity index (χ4v) is 2.23. The topological polar surface area (TPSA) is 173 Å². The Hall–Kier alpha value is -3.47. The summed E-state index contributed by atoms with van der Waals surface area (Å²) in [5, 5.41) is 51.3. The SMILES string of the molecule is CCC(CO)(CO)CO.ClCCl.O=C(O)c1ccccc1.O=C(O)c1ccccc1.O=C(O)c1ccccc1. The first-order chi connectivity index (χ1) is 18.6. The lowest BCUT2D eigenvalue weighted by molar-refractivity contribution is 0.00303. The number of aliphatic hydroxyl groups excluding tert-OH is 3. The summed E-state index contributed by atoms with van der Waals surface area (Å²) >= 11 is 9.53. The molecule has 39 heavy (non-hydrogen) atoms. The molecule has 3 rings (SSSR count). The van der Waals surface area contributed by atoms with E-state index in [1.165, 1.54) is 0 Å². The van der Waals surface area contributed by atoms with E-state index in [4.69, 9.17) is 53.8 Å². The number of halogens is 2. The second-order valence-corrected chi connectivity index (χ2v) is 8.25. The minimum Gasteiger partial charge on any atom is -0.478 e. The average molecular weight is 585 g/mol. The van der Waals surface area contributed by atoms with Gasteiger partial charge in [-0.25, -0.2) is 14.4 Å². The van der Waals surface area contributed by atoms with E-state index >= 15 is 0 Å². The van der Waals surface area contributed by atoms with Crippen LogP contribution in [-0.2, 0) is 0 Å². The molecule has 0 spiro atoms. The first-order valence-corrected chi connectivity index (χ1v) is 12.4. The Morgan fingerprint density at radius 3 is 0.846 bits per heavy atom. The summed E-state index contributed by atoms with van der Waals surface area (Å²) in [7, 11) is 0.